The van der Waals surface area contributed by atoms with E-state index in [1.54, 1.807) is 24.3 Å². The largest absolute Gasteiger partial charge is 0.507 e. The number of likely N-dealkylation sites (tertiary alicyclic amines) is 1. The quantitative estimate of drug-likeness (QED) is 0.417. The maximum Gasteiger partial charge on any atom is 0.295 e. The fourth-order valence-corrected chi connectivity index (χ4v) is 4.37. The van der Waals surface area contributed by atoms with Crippen molar-refractivity contribution in [2.24, 2.45) is 0 Å². The van der Waals surface area contributed by atoms with E-state index in [1.165, 1.54) is 11.2 Å². The third-order valence-corrected chi connectivity index (χ3v) is 6.07. The van der Waals surface area contributed by atoms with Crippen LogP contribution in [-0.2, 0) is 16.0 Å². The Labute approximate surface area is 181 Å². The van der Waals surface area contributed by atoms with Crippen molar-refractivity contribution >= 4 is 17.4 Å². The molecule has 1 aromatic heterocycles. The minimum Gasteiger partial charge on any atom is -0.507 e. The number of amides is 1. The zero-order valence-electron chi connectivity index (χ0n) is 18.1. The van der Waals surface area contributed by atoms with Crippen LogP contribution < -0.4 is 4.74 Å². The SMILES string of the molecule is CCN(CC)CCN1C(=O)C(=O)/C(=C(/O)c2ccc3c(c2)C[C@@H](C)O3)[C@H]1c1ccco1. The molecule has 1 aromatic carbocycles. The predicted octanol–water partition coefficient (Wildman–Crippen LogP) is 3.37. The molecule has 0 aliphatic carbocycles. The lowest BCUT2D eigenvalue weighted by atomic mass is 9.97. The highest BCUT2D eigenvalue weighted by Gasteiger charge is 2.47. The van der Waals surface area contributed by atoms with Crippen LogP contribution in [0, 0.1) is 0 Å². The van der Waals surface area contributed by atoms with Gasteiger partial charge in [-0.05, 0) is 55.9 Å². The number of rotatable bonds is 7. The Balaban J connectivity index is 1.74. The van der Waals surface area contributed by atoms with E-state index in [0.717, 1.165) is 30.8 Å². The molecule has 1 N–H and O–H groups in total. The smallest absolute Gasteiger partial charge is 0.295 e. The summed E-state index contributed by atoms with van der Waals surface area (Å²) in [5.41, 5.74) is 1.53. The molecule has 2 aliphatic rings. The van der Waals surface area contributed by atoms with Crippen molar-refractivity contribution in [3.8, 4) is 5.75 Å². The summed E-state index contributed by atoms with van der Waals surface area (Å²) < 4.78 is 11.3. The minimum atomic E-state index is -0.756. The molecule has 164 valence electrons. The van der Waals surface area contributed by atoms with Crippen LogP contribution in [0.4, 0.5) is 0 Å². The van der Waals surface area contributed by atoms with E-state index in [2.05, 4.69) is 18.7 Å². The number of fused-ring (bicyclic) bond motifs is 1. The van der Waals surface area contributed by atoms with Gasteiger partial charge in [-0.2, -0.15) is 0 Å². The van der Waals surface area contributed by atoms with Gasteiger partial charge in [-0.15, -0.1) is 0 Å². The average Bonchev–Trinajstić information content (AvgIpc) is 3.47. The Morgan fingerprint density at radius 1 is 1.23 bits per heavy atom. The average molecular weight is 424 g/mol. The number of likely N-dealkylation sites (N-methyl/N-ethyl adjacent to an activating group) is 1. The lowest BCUT2D eigenvalue weighted by Gasteiger charge is -2.26. The molecule has 1 amide bonds. The number of carbonyl (C=O) groups excluding carboxylic acids is 2. The molecule has 2 atom stereocenters. The normalized spacial score (nSPS) is 22.3. The van der Waals surface area contributed by atoms with E-state index < -0.39 is 17.7 Å². The number of aliphatic hydroxyl groups is 1. The van der Waals surface area contributed by atoms with Gasteiger partial charge >= 0.3 is 0 Å². The van der Waals surface area contributed by atoms with Crippen LogP contribution in [0.3, 0.4) is 0 Å². The van der Waals surface area contributed by atoms with Gasteiger partial charge in [-0.1, -0.05) is 13.8 Å². The summed E-state index contributed by atoms with van der Waals surface area (Å²) in [6.07, 6.45) is 2.31. The number of hydrogen-bond acceptors (Lipinski definition) is 6. The first-order valence-electron chi connectivity index (χ1n) is 10.8. The van der Waals surface area contributed by atoms with Gasteiger partial charge in [-0.3, -0.25) is 9.59 Å². The molecule has 31 heavy (non-hydrogen) atoms. The number of carbonyl (C=O) groups is 2. The zero-order chi connectivity index (χ0) is 22.1. The summed E-state index contributed by atoms with van der Waals surface area (Å²) in [7, 11) is 0. The molecular weight excluding hydrogens is 396 g/mol. The van der Waals surface area contributed by atoms with Crippen molar-refractivity contribution in [1.82, 2.24) is 9.80 Å². The third kappa shape index (κ3) is 3.85. The maximum atomic E-state index is 13.0. The van der Waals surface area contributed by atoms with Crippen molar-refractivity contribution in [2.75, 3.05) is 26.2 Å². The summed E-state index contributed by atoms with van der Waals surface area (Å²) >= 11 is 0. The zero-order valence-corrected chi connectivity index (χ0v) is 18.1. The number of furan rings is 1. The number of benzene rings is 1. The van der Waals surface area contributed by atoms with Gasteiger partial charge in [-0.25, -0.2) is 0 Å². The number of Topliss-reactive ketones (excluding diaryl/α,β-unsaturated/α-hetero) is 1. The van der Waals surface area contributed by atoms with E-state index in [-0.39, 0.29) is 17.4 Å². The van der Waals surface area contributed by atoms with Gasteiger partial charge in [0.15, 0.2) is 0 Å². The molecule has 3 heterocycles. The third-order valence-electron chi connectivity index (χ3n) is 6.07. The van der Waals surface area contributed by atoms with Gasteiger partial charge in [0.25, 0.3) is 11.7 Å². The second kappa shape index (κ2) is 8.59. The highest BCUT2D eigenvalue weighted by atomic mass is 16.5. The van der Waals surface area contributed by atoms with Gasteiger partial charge < -0.3 is 24.1 Å². The summed E-state index contributed by atoms with van der Waals surface area (Å²) in [4.78, 5) is 29.6. The summed E-state index contributed by atoms with van der Waals surface area (Å²) in [5, 5.41) is 11.1. The van der Waals surface area contributed by atoms with Crippen molar-refractivity contribution in [3.63, 3.8) is 0 Å². The van der Waals surface area contributed by atoms with E-state index in [4.69, 9.17) is 9.15 Å². The fourth-order valence-electron chi connectivity index (χ4n) is 4.37. The van der Waals surface area contributed by atoms with Gasteiger partial charge in [0.2, 0.25) is 0 Å². The molecule has 2 aromatic rings. The van der Waals surface area contributed by atoms with Crippen LogP contribution in [-0.4, -0.2) is 58.9 Å². The lowest BCUT2D eigenvalue weighted by molar-refractivity contribution is -0.140. The fraction of sp³-hybridized carbons (Fsp3) is 0.417. The van der Waals surface area contributed by atoms with E-state index in [1.807, 2.05) is 13.0 Å². The molecular formula is C24H28N2O5. The molecule has 0 unspecified atom stereocenters. The number of hydrogen-bond donors (Lipinski definition) is 1. The summed E-state index contributed by atoms with van der Waals surface area (Å²) in [6, 6.07) is 8.03. The first kappa shape index (κ1) is 21.2. The van der Waals surface area contributed by atoms with Crippen LogP contribution in [0.15, 0.2) is 46.6 Å². The second-order valence-electron chi connectivity index (χ2n) is 7.99. The van der Waals surface area contributed by atoms with Crippen LogP contribution in [0.2, 0.25) is 0 Å². The minimum absolute atomic E-state index is 0.0615. The Bertz CT molecular complexity index is 1010. The highest BCUT2D eigenvalue weighted by Crippen LogP contribution is 2.40. The van der Waals surface area contributed by atoms with E-state index >= 15 is 0 Å². The molecule has 0 saturated carbocycles. The summed E-state index contributed by atoms with van der Waals surface area (Å²) in [5.74, 6) is -0.256. The van der Waals surface area contributed by atoms with Crippen molar-refractivity contribution in [3.05, 3.63) is 59.1 Å². The van der Waals surface area contributed by atoms with Crippen molar-refractivity contribution in [2.45, 2.75) is 39.3 Å². The number of ketones is 1. The standard InChI is InChI=1S/C24H28N2O5/c1-4-25(5-2)10-11-26-21(19-7-6-12-30-19)20(23(28)24(26)29)22(27)16-8-9-18-17(14-16)13-15(3)31-18/h6-9,12,14-15,21,27H,4-5,10-11,13H2,1-3H3/b22-20+/t15-,21-/m1/s1. The first-order chi connectivity index (χ1) is 14.9. The van der Waals surface area contributed by atoms with Gasteiger partial charge in [0.1, 0.15) is 29.4 Å². The van der Waals surface area contributed by atoms with Crippen LogP contribution >= 0.6 is 0 Å². The van der Waals surface area contributed by atoms with E-state index in [0.29, 0.717) is 24.4 Å². The molecule has 0 radical (unpaired) electrons. The highest BCUT2D eigenvalue weighted by molar-refractivity contribution is 6.46. The molecule has 1 saturated heterocycles. The molecule has 0 spiro atoms. The van der Waals surface area contributed by atoms with Crippen molar-refractivity contribution < 1.29 is 23.8 Å². The second-order valence-corrected chi connectivity index (χ2v) is 7.99. The van der Waals surface area contributed by atoms with Gasteiger partial charge in [0.05, 0.1) is 11.8 Å². The first-order valence-corrected chi connectivity index (χ1v) is 10.8. The topological polar surface area (TPSA) is 83.2 Å². The Morgan fingerprint density at radius 2 is 2.00 bits per heavy atom. The molecule has 2 aliphatic heterocycles. The monoisotopic (exact) mass is 424 g/mol. The Morgan fingerprint density at radius 3 is 2.68 bits per heavy atom. The lowest BCUT2D eigenvalue weighted by Crippen LogP contribution is -2.37. The van der Waals surface area contributed by atoms with Crippen LogP contribution in [0.1, 0.15) is 43.7 Å². The van der Waals surface area contributed by atoms with E-state index in [9.17, 15) is 14.7 Å². The molecule has 4 rings (SSSR count). The number of aliphatic hydroxyl groups excluding tert-OH is 1. The predicted molar refractivity (Wildman–Crippen MR) is 116 cm³/mol. The number of nitrogens with zero attached hydrogens (tertiary/aromatic N) is 2. The molecule has 0 bridgehead atoms. The van der Waals surface area contributed by atoms with Crippen molar-refractivity contribution in [1.29, 1.82) is 0 Å². The Hall–Kier alpha value is -3.06. The number of ether oxygens (including phenoxy) is 1. The van der Waals surface area contributed by atoms with Crippen LogP contribution in [0.5, 0.6) is 5.75 Å². The maximum absolute atomic E-state index is 13.0. The van der Waals surface area contributed by atoms with Gasteiger partial charge in [0, 0.05) is 25.1 Å². The molecule has 7 heteroatoms. The molecule has 7 nitrogen and oxygen atoms in total. The van der Waals surface area contributed by atoms with Crippen LogP contribution in [0.25, 0.3) is 5.76 Å². The molecule has 1 fully saturated rings. The summed E-state index contributed by atoms with van der Waals surface area (Å²) in [6.45, 7) is 8.79. The Kier molecular flexibility index (Phi) is 5.87.